The second-order valence-electron chi connectivity index (χ2n) is 5.72. The van der Waals surface area contributed by atoms with Gasteiger partial charge in [-0.05, 0) is 48.0 Å². The number of benzene rings is 1. The number of carbonyl (C=O) groups is 1. The van der Waals surface area contributed by atoms with Crippen LogP contribution in [-0.2, 0) is 9.84 Å². The minimum Gasteiger partial charge on any atom is -0.350 e. The third-order valence-electron chi connectivity index (χ3n) is 3.96. The van der Waals surface area contributed by atoms with Gasteiger partial charge in [-0.2, -0.15) is 0 Å². The Morgan fingerprint density at radius 3 is 2.33 bits per heavy atom. The summed E-state index contributed by atoms with van der Waals surface area (Å²) in [5, 5.41) is 1.57. The van der Waals surface area contributed by atoms with E-state index in [1.807, 2.05) is 0 Å². The van der Waals surface area contributed by atoms with E-state index in [4.69, 9.17) is 0 Å². The highest BCUT2D eigenvalue weighted by Crippen LogP contribution is 2.28. The van der Waals surface area contributed by atoms with Crippen molar-refractivity contribution in [2.45, 2.75) is 10.1 Å². The van der Waals surface area contributed by atoms with Crippen LogP contribution in [0.4, 0.5) is 4.39 Å². The van der Waals surface area contributed by atoms with Crippen molar-refractivity contribution in [3.63, 3.8) is 0 Å². The number of nitrogens with one attached hydrogen (secondary N) is 1. The van der Waals surface area contributed by atoms with Crippen LogP contribution < -0.4 is 5.32 Å². The van der Waals surface area contributed by atoms with E-state index in [1.54, 1.807) is 12.1 Å². The smallest absolute Gasteiger partial charge is 0.251 e. The highest BCUT2D eigenvalue weighted by Gasteiger charge is 2.30. The first-order chi connectivity index (χ1) is 13.0. The molecule has 1 aromatic carbocycles. The van der Waals surface area contributed by atoms with E-state index in [2.05, 4.69) is 15.3 Å². The second-order valence-corrected chi connectivity index (χ2v) is 7.85. The molecule has 0 aliphatic heterocycles. The summed E-state index contributed by atoms with van der Waals surface area (Å²) >= 11 is 0. The molecule has 0 fully saturated rings. The van der Waals surface area contributed by atoms with Crippen molar-refractivity contribution in [1.82, 2.24) is 15.3 Å². The van der Waals surface area contributed by atoms with Crippen LogP contribution in [0.3, 0.4) is 0 Å². The van der Waals surface area contributed by atoms with Crippen LogP contribution in [0.2, 0.25) is 0 Å². The summed E-state index contributed by atoms with van der Waals surface area (Å²) in [5.74, 6) is -0.946. The molecule has 0 aliphatic carbocycles. The monoisotopic (exact) mass is 385 g/mol. The SMILES string of the molecule is O=C(NC[C@@H](c1cccnc1)S(=O)(=O)c1ccc(F)cc1)c1ccncc1. The molecule has 1 N–H and O–H groups in total. The quantitative estimate of drug-likeness (QED) is 0.659. The minimum atomic E-state index is -3.88. The van der Waals surface area contributed by atoms with Crippen molar-refractivity contribution in [1.29, 1.82) is 0 Å². The van der Waals surface area contributed by atoms with Gasteiger partial charge in [-0.15, -0.1) is 0 Å². The average Bonchev–Trinajstić information content (AvgIpc) is 2.69. The van der Waals surface area contributed by atoms with E-state index in [0.29, 0.717) is 11.1 Å². The number of carbonyl (C=O) groups excluding carboxylic acids is 1. The summed E-state index contributed by atoms with van der Waals surface area (Å²) in [4.78, 5) is 20.1. The van der Waals surface area contributed by atoms with E-state index in [9.17, 15) is 17.6 Å². The van der Waals surface area contributed by atoms with Crippen molar-refractivity contribution < 1.29 is 17.6 Å². The zero-order valence-corrected chi connectivity index (χ0v) is 14.9. The van der Waals surface area contributed by atoms with Crippen LogP contribution in [0.1, 0.15) is 21.2 Å². The number of nitrogens with zero attached hydrogens (tertiary/aromatic N) is 2. The Hall–Kier alpha value is -3.13. The molecule has 0 aliphatic rings. The van der Waals surface area contributed by atoms with Crippen molar-refractivity contribution in [3.8, 4) is 0 Å². The van der Waals surface area contributed by atoms with Crippen LogP contribution in [-0.4, -0.2) is 30.8 Å². The fourth-order valence-corrected chi connectivity index (χ4v) is 4.20. The molecule has 0 spiro atoms. The van der Waals surface area contributed by atoms with Gasteiger partial charge in [0.2, 0.25) is 0 Å². The predicted molar refractivity (Wildman–Crippen MR) is 97.1 cm³/mol. The Labute approximate surface area is 156 Å². The van der Waals surface area contributed by atoms with Crippen LogP contribution in [0.5, 0.6) is 0 Å². The van der Waals surface area contributed by atoms with Crippen molar-refractivity contribution in [2.24, 2.45) is 0 Å². The summed E-state index contributed by atoms with van der Waals surface area (Å²) in [6, 6.07) is 10.9. The van der Waals surface area contributed by atoms with Gasteiger partial charge in [0.05, 0.1) is 4.90 Å². The number of hydrogen-bond donors (Lipinski definition) is 1. The number of rotatable bonds is 6. The maximum absolute atomic E-state index is 13.2. The molecule has 0 radical (unpaired) electrons. The van der Waals surface area contributed by atoms with Crippen LogP contribution in [0.15, 0.2) is 78.2 Å². The van der Waals surface area contributed by atoms with E-state index in [-0.39, 0.29) is 11.4 Å². The van der Waals surface area contributed by atoms with Crippen LogP contribution in [0.25, 0.3) is 0 Å². The summed E-state index contributed by atoms with van der Waals surface area (Å²) in [5.41, 5.74) is 0.797. The number of hydrogen-bond acceptors (Lipinski definition) is 5. The van der Waals surface area contributed by atoms with Crippen molar-refractivity contribution in [2.75, 3.05) is 6.54 Å². The van der Waals surface area contributed by atoms with Gasteiger partial charge in [0.1, 0.15) is 11.1 Å². The van der Waals surface area contributed by atoms with Crippen LogP contribution >= 0.6 is 0 Å². The second kappa shape index (κ2) is 8.05. The molecular weight excluding hydrogens is 369 g/mol. The predicted octanol–water partition coefficient (Wildman–Crippen LogP) is 2.56. The molecule has 0 saturated heterocycles. The Morgan fingerprint density at radius 1 is 1.00 bits per heavy atom. The highest BCUT2D eigenvalue weighted by atomic mass is 32.2. The van der Waals surface area contributed by atoms with E-state index in [0.717, 1.165) is 12.1 Å². The fourth-order valence-electron chi connectivity index (χ4n) is 2.55. The molecule has 3 aromatic rings. The first kappa shape index (κ1) is 18.7. The van der Waals surface area contributed by atoms with E-state index >= 15 is 0 Å². The topological polar surface area (TPSA) is 89.0 Å². The number of halogens is 1. The molecule has 1 atom stereocenters. The minimum absolute atomic E-state index is 0.0316. The van der Waals surface area contributed by atoms with E-state index in [1.165, 1.54) is 49.1 Å². The Balaban J connectivity index is 1.90. The molecule has 3 rings (SSSR count). The van der Waals surface area contributed by atoms with E-state index < -0.39 is 26.8 Å². The first-order valence-electron chi connectivity index (χ1n) is 8.06. The Bertz CT molecular complexity index is 1010. The van der Waals surface area contributed by atoms with Gasteiger partial charge in [-0.25, -0.2) is 12.8 Å². The molecule has 6 nitrogen and oxygen atoms in total. The summed E-state index contributed by atoms with van der Waals surface area (Å²) in [6.07, 6.45) is 5.91. The molecule has 27 heavy (non-hydrogen) atoms. The standard InChI is InChI=1S/C19H16FN3O3S/c20-16-3-5-17(6-4-16)27(25,26)18(15-2-1-9-22-12-15)13-23-19(24)14-7-10-21-11-8-14/h1-12,18H,13H2,(H,23,24)/t18-/m0/s1. The normalized spacial score (nSPS) is 12.3. The lowest BCUT2D eigenvalue weighted by Crippen LogP contribution is -2.32. The lowest BCUT2D eigenvalue weighted by molar-refractivity contribution is 0.0953. The summed E-state index contributed by atoms with van der Waals surface area (Å²) in [6.45, 7) is -0.160. The summed E-state index contributed by atoms with van der Waals surface area (Å²) < 4.78 is 39.3. The zero-order valence-electron chi connectivity index (χ0n) is 14.1. The molecule has 0 unspecified atom stereocenters. The average molecular weight is 385 g/mol. The summed E-state index contributed by atoms with van der Waals surface area (Å²) in [7, 11) is -3.88. The molecule has 2 heterocycles. The molecule has 8 heteroatoms. The van der Waals surface area contributed by atoms with Crippen LogP contribution in [0, 0.1) is 5.82 Å². The van der Waals surface area contributed by atoms with Gasteiger partial charge in [0, 0.05) is 36.9 Å². The van der Waals surface area contributed by atoms with Gasteiger partial charge < -0.3 is 5.32 Å². The van der Waals surface area contributed by atoms with Gasteiger partial charge in [-0.1, -0.05) is 6.07 Å². The zero-order chi connectivity index (χ0) is 19.3. The number of aromatic nitrogens is 2. The van der Waals surface area contributed by atoms with Gasteiger partial charge in [0.15, 0.2) is 9.84 Å². The molecule has 0 saturated carbocycles. The lowest BCUT2D eigenvalue weighted by atomic mass is 10.2. The van der Waals surface area contributed by atoms with Crippen molar-refractivity contribution in [3.05, 3.63) is 90.3 Å². The molecular formula is C19H16FN3O3S. The van der Waals surface area contributed by atoms with Gasteiger partial charge >= 0.3 is 0 Å². The highest BCUT2D eigenvalue weighted by molar-refractivity contribution is 7.91. The first-order valence-corrected chi connectivity index (χ1v) is 9.61. The maximum Gasteiger partial charge on any atom is 0.251 e. The molecule has 0 bridgehead atoms. The number of amides is 1. The largest absolute Gasteiger partial charge is 0.350 e. The molecule has 138 valence electrons. The molecule has 2 aromatic heterocycles. The Morgan fingerprint density at radius 2 is 1.70 bits per heavy atom. The lowest BCUT2D eigenvalue weighted by Gasteiger charge is -2.19. The molecule has 1 amide bonds. The third kappa shape index (κ3) is 4.35. The number of sulfone groups is 1. The maximum atomic E-state index is 13.2. The van der Waals surface area contributed by atoms with Gasteiger partial charge in [0.25, 0.3) is 5.91 Å². The Kier molecular flexibility index (Phi) is 5.56. The number of pyridine rings is 2. The third-order valence-corrected chi connectivity index (χ3v) is 6.08. The van der Waals surface area contributed by atoms with Crippen molar-refractivity contribution >= 4 is 15.7 Å². The fraction of sp³-hybridized carbons (Fsp3) is 0.105. The van der Waals surface area contributed by atoms with Gasteiger partial charge in [-0.3, -0.25) is 14.8 Å².